The maximum absolute atomic E-state index is 12.6. The summed E-state index contributed by atoms with van der Waals surface area (Å²) in [5.41, 5.74) is 3.70. The van der Waals surface area contributed by atoms with Crippen LogP contribution >= 0.6 is 11.8 Å². The molecule has 0 saturated carbocycles. The van der Waals surface area contributed by atoms with Gasteiger partial charge in [0, 0.05) is 40.1 Å². The minimum absolute atomic E-state index is 0.0268. The summed E-state index contributed by atoms with van der Waals surface area (Å²) in [4.78, 5) is 25.3. The Bertz CT molecular complexity index is 969. The van der Waals surface area contributed by atoms with E-state index in [1.807, 2.05) is 36.4 Å². The summed E-state index contributed by atoms with van der Waals surface area (Å²) in [5, 5.41) is 12.6. The van der Waals surface area contributed by atoms with Gasteiger partial charge in [0.2, 0.25) is 5.91 Å². The zero-order chi connectivity index (χ0) is 17.9. The second-order valence-electron chi connectivity index (χ2n) is 5.86. The molecule has 26 heavy (non-hydrogen) atoms. The van der Waals surface area contributed by atoms with E-state index in [2.05, 4.69) is 20.8 Å². The molecule has 2 aromatic carbocycles. The average Bonchev–Trinajstić information content (AvgIpc) is 3.11. The Morgan fingerprint density at radius 3 is 2.92 bits per heavy atom. The maximum atomic E-state index is 12.6. The molecule has 0 aliphatic carbocycles. The molecule has 1 aliphatic rings. The van der Waals surface area contributed by atoms with Crippen LogP contribution in [0.25, 0.3) is 11.3 Å². The average molecular weight is 364 g/mol. The Balaban J connectivity index is 1.55. The Morgan fingerprint density at radius 1 is 1.15 bits per heavy atom. The largest absolute Gasteiger partial charge is 0.325 e. The zero-order valence-electron chi connectivity index (χ0n) is 13.8. The molecule has 0 spiro atoms. The fourth-order valence-electron chi connectivity index (χ4n) is 2.75. The van der Waals surface area contributed by atoms with Crippen LogP contribution in [0, 0.1) is 0 Å². The molecule has 0 fully saturated rings. The maximum Gasteiger partial charge on any atom is 0.255 e. The van der Waals surface area contributed by atoms with Crippen molar-refractivity contribution < 1.29 is 9.59 Å². The summed E-state index contributed by atoms with van der Waals surface area (Å²) in [7, 11) is 0. The van der Waals surface area contributed by atoms with Crippen molar-refractivity contribution in [1.82, 2.24) is 10.2 Å². The summed E-state index contributed by atoms with van der Waals surface area (Å²) in [6.45, 7) is 0. The summed E-state index contributed by atoms with van der Waals surface area (Å²) in [6, 6.07) is 14.8. The zero-order valence-corrected chi connectivity index (χ0v) is 14.6. The number of carbonyl (C=O) groups excluding carboxylic acids is 2. The van der Waals surface area contributed by atoms with Crippen LogP contribution in [0.3, 0.4) is 0 Å². The van der Waals surface area contributed by atoms with Crippen LogP contribution in [0.1, 0.15) is 16.8 Å². The normalized spacial score (nSPS) is 13.5. The van der Waals surface area contributed by atoms with Gasteiger partial charge in [0.25, 0.3) is 5.91 Å². The van der Waals surface area contributed by atoms with Gasteiger partial charge in [-0.2, -0.15) is 5.10 Å². The summed E-state index contributed by atoms with van der Waals surface area (Å²) in [6.07, 6.45) is 2.16. The fraction of sp³-hybridized carbons (Fsp3) is 0.105. The van der Waals surface area contributed by atoms with Crippen molar-refractivity contribution in [1.29, 1.82) is 0 Å². The van der Waals surface area contributed by atoms with Crippen molar-refractivity contribution in [2.75, 3.05) is 16.4 Å². The molecule has 0 bridgehead atoms. The standard InChI is InChI=1S/C19H16N4O2S/c24-18-7-9-26-17-5-4-13(11-16(17)22-18)19(25)21-14-3-1-2-12(10-14)15-6-8-20-23-15/h1-6,8,10-11H,7,9H2,(H,20,23)(H,21,25)(H,22,24). The minimum Gasteiger partial charge on any atom is -0.325 e. The number of benzene rings is 2. The molecular formula is C19H16N4O2S. The molecule has 2 amide bonds. The van der Waals surface area contributed by atoms with Crippen LogP contribution in [-0.2, 0) is 4.79 Å². The minimum atomic E-state index is -0.224. The lowest BCUT2D eigenvalue weighted by atomic mass is 10.1. The van der Waals surface area contributed by atoms with Crippen LogP contribution in [0.5, 0.6) is 0 Å². The molecular weight excluding hydrogens is 348 g/mol. The molecule has 0 radical (unpaired) electrons. The van der Waals surface area contributed by atoms with E-state index in [-0.39, 0.29) is 11.8 Å². The third-order valence-corrected chi connectivity index (χ3v) is 5.11. The van der Waals surface area contributed by atoms with Crippen LogP contribution < -0.4 is 10.6 Å². The van der Waals surface area contributed by atoms with Crippen molar-refractivity contribution in [2.24, 2.45) is 0 Å². The first-order chi connectivity index (χ1) is 12.7. The highest BCUT2D eigenvalue weighted by Crippen LogP contribution is 2.31. The van der Waals surface area contributed by atoms with Crippen LogP contribution in [0.4, 0.5) is 11.4 Å². The first-order valence-corrected chi connectivity index (χ1v) is 9.15. The third-order valence-electron chi connectivity index (χ3n) is 4.03. The van der Waals surface area contributed by atoms with E-state index < -0.39 is 0 Å². The SMILES string of the molecule is O=C1CCSc2ccc(C(=O)Nc3cccc(-c4ccn[nH]4)c3)cc2N1. The van der Waals surface area contributed by atoms with E-state index in [0.717, 1.165) is 21.9 Å². The number of nitrogens with zero attached hydrogens (tertiary/aromatic N) is 1. The molecule has 6 nitrogen and oxygen atoms in total. The number of aromatic nitrogens is 2. The van der Waals surface area contributed by atoms with Crippen LogP contribution in [0.2, 0.25) is 0 Å². The van der Waals surface area contributed by atoms with Crippen molar-refractivity contribution in [3.05, 3.63) is 60.3 Å². The highest BCUT2D eigenvalue weighted by atomic mass is 32.2. The van der Waals surface area contributed by atoms with Gasteiger partial charge in [0.05, 0.1) is 11.4 Å². The molecule has 1 aliphatic heterocycles. The topological polar surface area (TPSA) is 86.9 Å². The quantitative estimate of drug-likeness (QED) is 0.660. The number of aromatic amines is 1. The number of carbonyl (C=O) groups is 2. The van der Waals surface area contributed by atoms with E-state index in [1.165, 1.54) is 0 Å². The van der Waals surface area contributed by atoms with Crippen molar-refractivity contribution in [3.63, 3.8) is 0 Å². The molecule has 3 N–H and O–H groups in total. The van der Waals surface area contributed by atoms with Gasteiger partial charge in [0.15, 0.2) is 0 Å². The number of hydrogen-bond acceptors (Lipinski definition) is 4. The summed E-state index contributed by atoms with van der Waals surface area (Å²) < 4.78 is 0. The number of nitrogens with one attached hydrogen (secondary N) is 3. The Kier molecular flexibility index (Phi) is 4.45. The second-order valence-corrected chi connectivity index (χ2v) is 7.00. The van der Waals surface area contributed by atoms with Gasteiger partial charge in [-0.1, -0.05) is 12.1 Å². The molecule has 4 rings (SSSR count). The Morgan fingerprint density at radius 2 is 2.08 bits per heavy atom. The Labute approximate surface area is 154 Å². The number of amides is 2. The van der Waals surface area contributed by atoms with Crippen LogP contribution in [0.15, 0.2) is 59.6 Å². The first-order valence-electron chi connectivity index (χ1n) is 8.17. The molecule has 0 atom stereocenters. The number of thioether (sulfide) groups is 1. The van der Waals surface area contributed by atoms with Gasteiger partial charge in [-0.05, 0) is 36.4 Å². The van der Waals surface area contributed by atoms with Crippen LogP contribution in [-0.4, -0.2) is 27.8 Å². The number of rotatable bonds is 3. The molecule has 0 unspecified atom stereocenters. The highest BCUT2D eigenvalue weighted by molar-refractivity contribution is 7.99. The van der Waals surface area contributed by atoms with E-state index in [4.69, 9.17) is 0 Å². The molecule has 130 valence electrons. The van der Waals surface area contributed by atoms with E-state index >= 15 is 0 Å². The number of hydrogen-bond donors (Lipinski definition) is 3. The Hall–Kier alpha value is -3.06. The second kappa shape index (κ2) is 7.05. The lowest BCUT2D eigenvalue weighted by molar-refractivity contribution is -0.115. The lowest BCUT2D eigenvalue weighted by Gasteiger charge is -2.10. The molecule has 0 saturated heterocycles. The smallest absolute Gasteiger partial charge is 0.255 e. The van der Waals surface area contributed by atoms with Gasteiger partial charge in [-0.15, -0.1) is 11.8 Å². The lowest BCUT2D eigenvalue weighted by Crippen LogP contribution is -2.14. The van der Waals surface area contributed by atoms with E-state index in [9.17, 15) is 9.59 Å². The van der Waals surface area contributed by atoms with Gasteiger partial charge in [0.1, 0.15) is 0 Å². The predicted molar refractivity (Wildman–Crippen MR) is 102 cm³/mol. The predicted octanol–water partition coefficient (Wildman–Crippen LogP) is 3.76. The molecule has 1 aromatic heterocycles. The highest BCUT2D eigenvalue weighted by Gasteiger charge is 2.16. The van der Waals surface area contributed by atoms with Crippen molar-refractivity contribution in [3.8, 4) is 11.3 Å². The number of H-pyrrole nitrogens is 1. The molecule has 7 heteroatoms. The fourth-order valence-corrected chi connectivity index (χ4v) is 3.68. The first kappa shape index (κ1) is 16.4. The number of fused-ring (bicyclic) bond motifs is 1. The molecule has 3 aromatic rings. The van der Waals surface area contributed by atoms with Gasteiger partial charge in [-0.3, -0.25) is 14.7 Å². The van der Waals surface area contributed by atoms with Gasteiger partial charge < -0.3 is 10.6 Å². The van der Waals surface area contributed by atoms with Crippen molar-refractivity contribution >= 4 is 35.0 Å². The van der Waals surface area contributed by atoms with Gasteiger partial charge >= 0.3 is 0 Å². The monoisotopic (exact) mass is 364 g/mol. The summed E-state index contributed by atoms with van der Waals surface area (Å²) >= 11 is 1.61. The van der Waals surface area contributed by atoms with Gasteiger partial charge in [-0.25, -0.2) is 0 Å². The van der Waals surface area contributed by atoms with Crippen molar-refractivity contribution in [2.45, 2.75) is 11.3 Å². The number of anilines is 2. The van der Waals surface area contributed by atoms with E-state index in [0.29, 0.717) is 23.4 Å². The van der Waals surface area contributed by atoms with E-state index in [1.54, 1.807) is 30.1 Å². The third kappa shape index (κ3) is 3.48. The summed E-state index contributed by atoms with van der Waals surface area (Å²) in [5.74, 6) is 0.490. The molecule has 2 heterocycles.